The van der Waals surface area contributed by atoms with E-state index in [0.717, 1.165) is 16.7 Å². The Balaban J connectivity index is 1.60. The summed E-state index contributed by atoms with van der Waals surface area (Å²) in [5, 5.41) is 2.82. The first-order chi connectivity index (χ1) is 14.1. The third-order valence-electron chi connectivity index (χ3n) is 4.91. The van der Waals surface area contributed by atoms with Gasteiger partial charge in [-0.2, -0.15) is 0 Å². The zero-order chi connectivity index (χ0) is 20.2. The number of aromatic nitrogens is 1. The maximum atomic E-state index is 13.9. The summed E-state index contributed by atoms with van der Waals surface area (Å²) in [6.07, 6.45) is 7.34. The minimum absolute atomic E-state index is 0.213. The Morgan fingerprint density at radius 3 is 2.86 bits per heavy atom. The molecule has 3 atom stereocenters. The molecular formula is C24H19FN2O2. The summed E-state index contributed by atoms with van der Waals surface area (Å²) in [5.74, 6) is 5.54. The second-order valence-electron chi connectivity index (χ2n) is 6.88. The molecule has 1 aliphatic carbocycles. The minimum Gasteiger partial charge on any atom is -0.439 e. The normalized spacial score (nSPS) is 24.3. The highest BCUT2D eigenvalue weighted by Gasteiger charge is 2.34. The highest BCUT2D eigenvalue weighted by atomic mass is 19.1. The lowest BCUT2D eigenvalue weighted by Gasteiger charge is -2.19. The van der Waals surface area contributed by atoms with Crippen molar-refractivity contribution in [2.24, 2.45) is 5.92 Å². The predicted molar refractivity (Wildman–Crippen MR) is 108 cm³/mol. The van der Waals surface area contributed by atoms with Crippen molar-refractivity contribution in [1.82, 2.24) is 10.3 Å². The summed E-state index contributed by atoms with van der Waals surface area (Å²) in [4.78, 5) is 16.2. The van der Waals surface area contributed by atoms with E-state index >= 15 is 0 Å². The van der Waals surface area contributed by atoms with Crippen LogP contribution in [0.3, 0.4) is 0 Å². The molecule has 1 N–H and O–H groups in total. The van der Waals surface area contributed by atoms with E-state index in [1.54, 1.807) is 25.3 Å². The Morgan fingerprint density at radius 1 is 1.21 bits per heavy atom. The molecule has 1 aliphatic heterocycles. The van der Waals surface area contributed by atoms with Crippen LogP contribution < -0.4 is 5.32 Å². The number of hydrogen-bond acceptors (Lipinski definition) is 3. The molecule has 2 aliphatic rings. The maximum absolute atomic E-state index is 13.9. The van der Waals surface area contributed by atoms with E-state index in [9.17, 15) is 9.18 Å². The monoisotopic (exact) mass is 386 g/mol. The van der Waals surface area contributed by atoms with Crippen molar-refractivity contribution in [3.63, 3.8) is 0 Å². The number of ether oxygens (including phenoxy) is 1. The first-order valence-corrected chi connectivity index (χ1v) is 9.36. The fourth-order valence-electron chi connectivity index (χ4n) is 3.29. The van der Waals surface area contributed by atoms with E-state index in [4.69, 9.17) is 4.74 Å². The average Bonchev–Trinajstić information content (AvgIpc) is 3.11. The summed E-state index contributed by atoms with van der Waals surface area (Å²) in [6.45, 7) is 1.78. The smallest absolute Gasteiger partial charge is 0.408 e. The molecule has 1 fully saturated rings. The minimum atomic E-state index is -0.548. The lowest BCUT2D eigenvalue weighted by atomic mass is 9.91. The standard InChI is InChI=1S/C24H19FN2O2/c1-16-18(8-5-9-21(16)25)15-22-23(27-24(28)29-22)19-12-13-26-20(14-19)11-10-17-6-3-2-4-7-17/h2-9,12-16,22-23H,1H3,(H,27,28)/b18-15+/t16?,22?,23-/m1/s1. The topological polar surface area (TPSA) is 51.2 Å². The zero-order valence-corrected chi connectivity index (χ0v) is 15.8. The number of carbonyl (C=O) groups excluding carboxylic acids is 1. The molecule has 1 aromatic carbocycles. The number of halogens is 1. The molecule has 4 rings (SSSR count). The Morgan fingerprint density at radius 2 is 2.03 bits per heavy atom. The first kappa shape index (κ1) is 18.7. The van der Waals surface area contributed by atoms with Gasteiger partial charge in [0.1, 0.15) is 17.6 Å². The molecule has 0 spiro atoms. The van der Waals surface area contributed by atoms with Crippen molar-refractivity contribution >= 4 is 6.09 Å². The van der Waals surface area contributed by atoms with Gasteiger partial charge in [0.25, 0.3) is 0 Å². The van der Waals surface area contributed by atoms with Gasteiger partial charge in [0.2, 0.25) is 0 Å². The molecule has 0 bridgehead atoms. The van der Waals surface area contributed by atoms with Crippen LogP contribution in [0.25, 0.3) is 0 Å². The Bertz CT molecular complexity index is 1080. The number of allylic oxidation sites excluding steroid dienone is 5. The quantitative estimate of drug-likeness (QED) is 0.767. The number of hydrogen-bond donors (Lipinski definition) is 1. The van der Waals surface area contributed by atoms with Gasteiger partial charge in [-0.1, -0.05) is 43.2 Å². The van der Waals surface area contributed by atoms with E-state index in [-0.39, 0.29) is 11.7 Å². The van der Waals surface area contributed by atoms with Crippen LogP contribution in [-0.2, 0) is 4.74 Å². The fraction of sp³-hybridized carbons (Fsp3) is 0.167. The summed E-state index contributed by atoms with van der Waals surface area (Å²) < 4.78 is 19.3. The molecule has 1 saturated heterocycles. The van der Waals surface area contributed by atoms with Crippen molar-refractivity contribution in [2.75, 3.05) is 0 Å². The number of nitrogens with one attached hydrogen (secondary N) is 1. The lowest BCUT2D eigenvalue weighted by molar-refractivity contribution is 0.153. The number of cyclic esters (lactones) is 1. The summed E-state index contributed by atoms with van der Waals surface area (Å²) in [6, 6.07) is 12.9. The number of rotatable bonds is 2. The van der Waals surface area contributed by atoms with Gasteiger partial charge in [-0.25, -0.2) is 14.2 Å². The first-order valence-electron chi connectivity index (χ1n) is 9.36. The van der Waals surface area contributed by atoms with E-state index in [1.165, 1.54) is 6.08 Å². The van der Waals surface area contributed by atoms with Gasteiger partial charge in [-0.15, -0.1) is 0 Å². The van der Waals surface area contributed by atoms with Crippen molar-refractivity contribution in [3.8, 4) is 11.8 Å². The largest absolute Gasteiger partial charge is 0.439 e. The van der Waals surface area contributed by atoms with Crippen LogP contribution in [0, 0.1) is 17.8 Å². The molecule has 1 aromatic heterocycles. The number of benzene rings is 1. The van der Waals surface area contributed by atoms with Crippen LogP contribution in [0.4, 0.5) is 9.18 Å². The molecule has 4 nitrogen and oxygen atoms in total. The number of amides is 1. The number of pyridine rings is 1. The van der Waals surface area contributed by atoms with Gasteiger partial charge < -0.3 is 10.1 Å². The van der Waals surface area contributed by atoms with Gasteiger partial charge in [0.15, 0.2) is 0 Å². The molecule has 144 valence electrons. The molecule has 2 heterocycles. The summed E-state index contributed by atoms with van der Waals surface area (Å²) in [5.41, 5.74) is 3.09. The van der Waals surface area contributed by atoms with E-state index in [2.05, 4.69) is 22.1 Å². The molecule has 1 amide bonds. The Labute approximate surface area is 168 Å². The van der Waals surface area contributed by atoms with Crippen molar-refractivity contribution in [1.29, 1.82) is 0 Å². The van der Waals surface area contributed by atoms with Gasteiger partial charge >= 0.3 is 6.09 Å². The SMILES string of the molecule is CC1C(F)=CC=C/C1=C\C1OC(=O)N[C@@H]1c1ccnc(C#Cc2ccccc2)c1. The van der Waals surface area contributed by atoms with Crippen LogP contribution in [0.5, 0.6) is 0 Å². The van der Waals surface area contributed by atoms with Crippen LogP contribution in [0.2, 0.25) is 0 Å². The van der Waals surface area contributed by atoms with E-state index in [1.807, 2.05) is 48.5 Å². The van der Waals surface area contributed by atoms with Crippen molar-refractivity contribution in [3.05, 3.63) is 101 Å². The van der Waals surface area contributed by atoms with E-state index in [0.29, 0.717) is 5.69 Å². The van der Waals surface area contributed by atoms with Gasteiger partial charge in [0, 0.05) is 17.7 Å². The number of alkyl carbamates (subject to hydrolysis) is 1. The average molecular weight is 386 g/mol. The molecule has 2 aromatic rings. The second-order valence-corrected chi connectivity index (χ2v) is 6.88. The zero-order valence-electron chi connectivity index (χ0n) is 15.8. The number of nitrogens with zero attached hydrogens (tertiary/aromatic N) is 1. The highest BCUT2D eigenvalue weighted by molar-refractivity contribution is 5.71. The van der Waals surface area contributed by atoms with Crippen molar-refractivity contribution < 1.29 is 13.9 Å². The van der Waals surface area contributed by atoms with Crippen molar-refractivity contribution in [2.45, 2.75) is 19.1 Å². The van der Waals surface area contributed by atoms with Crippen LogP contribution in [0.15, 0.2) is 84.4 Å². The van der Waals surface area contributed by atoms with Gasteiger partial charge in [0.05, 0.1) is 6.04 Å². The third-order valence-corrected chi connectivity index (χ3v) is 4.91. The lowest BCUT2D eigenvalue weighted by Crippen LogP contribution is -2.22. The summed E-state index contributed by atoms with van der Waals surface area (Å²) in [7, 11) is 0. The Hall–Kier alpha value is -3.65. The van der Waals surface area contributed by atoms with E-state index < -0.39 is 18.2 Å². The van der Waals surface area contributed by atoms with Crippen LogP contribution in [0.1, 0.15) is 29.8 Å². The van der Waals surface area contributed by atoms with Gasteiger partial charge in [-0.05, 0) is 53.5 Å². The fourth-order valence-corrected chi connectivity index (χ4v) is 3.29. The third kappa shape index (κ3) is 4.27. The molecule has 0 radical (unpaired) electrons. The van der Waals surface area contributed by atoms with Crippen LogP contribution in [-0.4, -0.2) is 17.2 Å². The molecule has 5 heteroatoms. The maximum Gasteiger partial charge on any atom is 0.408 e. The predicted octanol–water partition coefficient (Wildman–Crippen LogP) is 4.62. The molecule has 29 heavy (non-hydrogen) atoms. The highest BCUT2D eigenvalue weighted by Crippen LogP contribution is 2.31. The molecular weight excluding hydrogens is 367 g/mol. The second kappa shape index (κ2) is 8.15. The number of carbonyl (C=O) groups is 1. The molecule has 2 unspecified atom stereocenters. The van der Waals surface area contributed by atoms with Gasteiger partial charge in [-0.3, -0.25) is 0 Å². The molecule has 0 saturated carbocycles. The van der Waals surface area contributed by atoms with Crippen LogP contribution >= 0.6 is 0 Å². The Kier molecular flexibility index (Phi) is 5.26. The summed E-state index contributed by atoms with van der Waals surface area (Å²) >= 11 is 0.